The Kier molecular flexibility index (Phi) is 5.89. The summed E-state index contributed by atoms with van der Waals surface area (Å²) in [6.07, 6.45) is 2.65. The summed E-state index contributed by atoms with van der Waals surface area (Å²) in [5.74, 6) is -1.07. The van der Waals surface area contributed by atoms with Crippen LogP contribution in [0.1, 0.15) is 29.7 Å². The summed E-state index contributed by atoms with van der Waals surface area (Å²) in [4.78, 5) is 35.5. The number of aromatic amines is 1. The molecule has 1 aromatic carbocycles. The molecule has 4 heterocycles. The molecule has 9 nitrogen and oxygen atoms in total. The third kappa shape index (κ3) is 4.16. The average molecular weight is 508 g/mol. The van der Waals surface area contributed by atoms with E-state index in [1.165, 1.54) is 18.5 Å². The first kappa shape index (κ1) is 23.4. The largest absolute Gasteiger partial charge is 0.455 e. The molecule has 0 saturated carbocycles. The summed E-state index contributed by atoms with van der Waals surface area (Å²) in [7, 11) is 0. The van der Waals surface area contributed by atoms with Crippen LogP contribution in [0.15, 0.2) is 61.3 Å². The van der Waals surface area contributed by atoms with E-state index in [1.807, 2.05) is 19.9 Å². The van der Waals surface area contributed by atoms with Gasteiger partial charge >= 0.3 is 5.76 Å². The topological polar surface area (TPSA) is 127 Å². The fraction of sp³-hybridized carbons (Fsp3) is 0.160. The van der Waals surface area contributed by atoms with Gasteiger partial charge < -0.3 is 9.73 Å². The lowest BCUT2D eigenvalue weighted by molar-refractivity contribution is 0.388. The van der Waals surface area contributed by atoms with E-state index >= 15 is 0 Å². The molecule has 11 heteroatoms. The van der Waals surface area contributed by atoms with Crippen LogP contribution in [-0.4, -0.2) is 20.1 Å². The van der Waals surface area contributed by atoms with Crippen molar-refractivity contribution < 1.29 is 13.3 Å². The van der Waals surface area contributed by atoms with Crippen molar-refractivity contribution in [3.05, 3.63) is 91.2 Å². The standard InChI is InChI=1S/C25H19ClFN5O4/c1-11-8-14(13(3)29-18-4-5-19(26)30-20(18)24-31-25(34)36-32-24)23-15(9-11)21(33)12(2)22(35-23)16-10-28-7-6-17(16)27/h4-10,13,29H,1-3H3,(H,31,32,34)/t13-/m1/s1. The van der Waals surface area contributed by atoms with Gasteiger partial charge in [0.2, 0.25) is 5.82 Å². The molecule has 4 aromatic heterocycles. The van der Waals surface area contributed by atoms with Crippen LogP contribution >= 0.6 is 11.6 Å². The monoisotopic (exact) mass is 507 g/mol. The summed E-state index contributed by atoms with van der Waals surface area (Å²) in [6.45, 7) is 5.33. The van der Waals surface area contributed by atoms with Gasteiger partial charge in [0.25, 0.3) is 0 Å². The number of pyridine rings is 2. The van der Waals surface area contributed by atoms with Crippen molar-refractivity contribution in [3.8, 4) is 22.8 Å². The van der Waals surface area contributed by atoms with Gasteiger partial charge in [0.1, 0.15) is 28.0 Å². The van der Waals surface area contributed by atoms with E-state index in [1.54, 1.807) is 25.1 Å². The molecule has 0 fully saturated rings. The Morgan fingerprint density at radius 1 is 1.17 bits per heavy atom. The van der Waals surface area contributed by atoms with Gasteiger partial charge in [-0.3, -0.25) is 19.3 Å². The molecule has 0 aliphatic carbocycles. The van der Waals surface area contributed by atoms with E-state index in [9.17, 15) is 14.0 Å². The van der Waals surface area contributed by atoms with Gasteiger partial charge in [-0.25, -0.2) is 14.2 Å². The second-order valence-electron chi connectivity index (χ2n) is 8.31. The summed E-state index contributed by atoms with van der Waals surface area (Å²) < 4.78 is 25.4. The number of halogens is 2. The number of nitrogens with zero attached hydrogens (tertiary/aromatic N) is 3. The van der Waals surface area contributed by atoms with Crippen molar-refractivity contribution in [1.82, 2.24) is 20.1 Å². The maximum atomic E-state index is 14.6. The number of benzene rings is 1. The molecule has 1 atom stereocenters. The number of anilines is 1. The second kappa shape index (κ2) is 9.04. The molecule has 5 rings (SSSR count). The van der Waals surface area contributed by atoms with Crippen LogP contribution in [0.4, 0.5) is 10.1 Å². The van der Waals surface area contributed by atoms with Crippen LogP contribution in [0, 0.1) is 19.7 Å². The maximum Gasteiger partial charge on any atom is 0.439 e. The summed E-state index contributed by atoms with van der Waals surface area (Å²) in [5, 5.41) is 7.58. The molecule has 0 spiro atoms. The van der Waals surface area contributed by atoms with Crippen LogP contribution in [0.5, 0.6) is 0 Å². The smallest absolute Gasteiger partial charge is 0.439 e. The van der Waals surface area contributed by atoms with Crippen molar-refractivity contribution in [2.24, 2.45) is 0 Å². The van der Waals surface area contributed by atoms with E-state index in [-0.39, 0.29) is 39.0 Å². The quantitative estimate of drug-likeness (QED) is 0.312. The summed E-state index contributed by atoms with van der Waals surface area (Å²) in [5.41, 5.74) is 2.70. The average Bonchev–Trinajstić information content (AvgIpc) is 3.29. The lowest BCUT2D eigenvalue weighted by Crippen LogP contribution is -2.13. The maximum absolute atomic E-state index is 14.6. The highest BCUT2D eigenvalue weighted by Crippen LogP contribution is 2.34. The van der Waals surface area contributed by atoms with Crippen molar-refractivity contribution in [2.45, 2.75) is 26.8 Å². The van der Waals surface area contributed by atoms with E-state index in [2.05, 4.69) is 29.9 Å². The zero-order valence-corrected chi connectivity index (χ0v) is 20.1. The third-order valence-electron chi connectivity index (χ3n) is 5.77. The van der Waals surface area contributed by atoms with Gasteiger partial charge in [0.05, 0.1) is 22.7 Å². The fourth-order valence-corrected chi connectivity index (χ4v) is 4.21. The molecule has 0 amide bonds. The van der Waals surface area contributed by atoms with Crippen LogP contribution in [0.25, 0.3) is 33.8 Å². The van der Waals surface area contributed by atoms with Crippen molar-refractivity contribution in [2.75, 3.05) is 5.32 Å². The van der Waals surface area contributed by atoms with Gasteiger partial charge in [0.15, 0.2) is 5.43 Å². The molecule has 2 N–H and O–H groups in total. The number of rotatable bonds is 5. The number of H-pyrrole nitrogens is 1. The predicted octanol–water partition coefficient (Wildman–Crippen LogP) is 5.18. The Morgan fingerprint density at radius 3 is 2.69 bits per heavy atom. The van der Waals surface area contributed by atoms with E-state index in [0.29, 0.717) is 22.2 Å². The lowest BCUT2D eigenvalue weighted by atomic mass is 9.99. The molecule has 0 unspecified atom stereocenters. The van der Waals surface area contributed by atoms with E-state index < -0.39 is 17.6 Å². The molecule has 0 aliphatic heterocycles. The Morgan fingerprint density at radius 2 is 1.97 bits per heavy atom. The molecule has 36 heavy (non-hydrogen) atoms. The minimum atomic E-state index is -0.734. The van der Waals surface area contributed by atoms with E-state index in [0.717, 1.165) is 5.56 Å². The van der Waals surface area contributed by atoms with E-state index in [4.69, 9.17) is 16.0 Å². The Bertz CT molecular complexity index is 1740. The van der Waals surface area contributed by atoms with Gasteiger partial charge in [-0.15, -0.1) is 0 Å². The molecular formula is C25H19ClFN5O4. The lowest BCUT2D eigenvalue weighted by Gasteiger charge is -2.20. The molecule has 0 radical (unpaired) electrons. The Labute approximate surface area is 208 Å². The molecule has 182 valence electrons. The van der Waals surface area contributed by atoms with Gasteiger partial charge in [0, 0.05) is 23.5 Å². The molecule has 0 bridgehead atoms. The van der Waals surface area contributed by atoms with Gasteiger partial charge in [-0.2, -0.15) is 0 Å². The zero-order chi connectivity index (χ0) is 25.6. The first-order valence-corrected chi connectivity index (χ1v) is 11.3. The highest BCUT2D eigenvalue weighted by Gasteiger charge is 2.22. The third-order valence-corrected chi connectivity index (χ3v) is 5.98. The summed E-state index contributed by atoms with van der Waals surface area (Å²) in [6, 6.07) is 7.67. The van der Waals surface area contributed by atoms with Crippen molar-refractivity contribution in [1.29, 1.82) is 0 Å². The number of hydrogen-bond donors (Lipinski definition) is 2. The SMILES string of the molecule is Cc1cc([C@@H](C)Nc2ccc(Cl)nc2-c2noc(=O)[nH]2)c2oc(-c3cnccc3F)c(C)c(=O)c2c1. The van der Waals surface area contributed by atoms with Crippen LogP contribution < -0.4 is 16.5 Å². The first-order chi connectivity index (χ1) is 17.2. The molecule has 0 saturated heterocycles. The summed E-state index contributed by atoms with van der Waals surface area (Å²) >= 11 is 6.07. The number of fused-ring (bicyclic) bond motifs is 1. The number of aromatic nitrogens is 4. The number of aryl methyl sites for hydroxylation is 1. The highest BCUT2D eigenvalue weighted by atomic mass is 35.5. The minimum Gasteiger partial charge on any atom is -0.455 e. The van der Waals surface area contributed by atoms with Crippen molar-refractivity contribution >= 4 is 28.3 Å². The number of hydrogen-bond acceptors (Lipinski definition) is 8. The molecule has 0 aliphatic rings. The minimum absolute atomic E-state index is 0.0975. The zero-order valence-electron chi connectivity index (χ0n) is 19.3. The predicted molar refractivity (Wildman–Crippen MR) is 133 cm³/mol. The molecule has 5 aromatic rings. The Hall–Kier alpha value is -4.31. The highest BCUT2D eigenvalue weighted by molar-refractivity contribution is 6.29. The number of nitrogens with one attached hydrogen (secondary N) is 2. The van der Waals surface area contributed by atoms with Crippen molar-refractivity contribution in [3.63, 3.8) is 0 Å². The van der Waals surface area contributed by atoms with Crippen LogP contribution in [-0.2, 0) is 0 Å². The normalized spacial score (nSPS) is 12.1. The van der Waals surface area contributed by atoms with Gasteiger partial charge in [-0.05, 0) is 50.6 Å². The van der Waals surface area contributed by atoms with Crippen LogP contribution in [0.3, 0.4) is 0 Å². The fourth-order valence-electron chi connectivity index (χ4n) is 4.07. The first-order valence-electron chi connectivity index (χ1n) is 10.9. The Balaban J connectivity index is 1.66. The van der Waals surface area contributed by atoms with Crippen LogP contribution in [0.2, 0.25) is 5.15 Å². The molecular weight excluding hydrogens is 489 g/mol. The van der Waals surface area contributed by atoms with Gasteiger partial charge in [-0.1, -0.05) is 22.8 Å². The second-order valence-corrected chi connectivity index (χ2v) is 8.70.